The van der Waals surface area contributed by atoms with Crippen molar-refractivity contribution in [2.24, 2.45) is 0 Å². The first-order valence-electron chi connectivity index (χ1n) is 19.6. The van der Waals surface area contributed by atoms with Gasteiger partial charge in [0.25, 0.3) is 0 Å². The number of rotatable bonds is 2. The summed E-state index contributed by atoms with van der Waals surface area (Å²) in [6.07, 6.45) is 0. The number of para-hydroxylation sites is 5. The molecule has 0 saturated carbocycles. The second-order valence-electron chi connectivity index (χ2n) is 15.3. The lowest BCUT2D eigenvalue weighted by Crippen LogP contribution is -2.03. The summed E-state index contributed by atoms with van der Waals surface area (Å²) in [5.41, 5.74) is 16.1. The molecule has 0 fully saturated rings. The maximum atomic E-state index is 6.61. The highest BCUT2D eigenvalue weighted by molar-refractivity contribution is 6.22. The van der Waals surface area contributed by atoms with Crippen molar-refractivity contribution in [1.82, 2.24) is 19.1 Å². The summed E-state index contributed by atoms with van der Waals surface area (Å²) in [6.45, 7) is 0. The summed E-state index contributed by atoms with van der Waals surface area (Å²) in [7, 11) is 0. The van der Waals surface area contributed by atoms with E-state index in [4.69, 9.17) is 18.8 Å². The van der Waals surface area contributed by atoms with Crippen LogP contribution in [-0.4, -0.2) is 19.1 Å². The normalized spacial score (nSPS) is 12.5. The molecule has 6 nitrogen and oxygen atoms in total. The molecule has 0 spiro atoms. The quantitative estimate of drug-likeness (QED) is 0.177. The Bertz CT molecular complexity index is 3930. The van der Waals surface area contributed by atoms with E-state index in [0.29, 0.717) is 11.5 Å². The minimum atomic E-state index is 0.585. The third-order valence-electron chi connectivity index (χ3n) is 12.3. The van der Waals surface area contributed by atoms with Gasteiger partial charge in [-0.15, -0.1) is 0 Å². The summed E-state index contributed by atoms with van der Waals surface area (Å²) >= 11 is 0. The van der Waals surface area contributed by atoms with Gasteiger partial charge in [-0.05, 0) is 71.8 Å². The lowest BCUT2D eigenvalue weighted by molar-refractivity contribution is 0.666. The van der Waals surface area contributed by atoms with E-state index < -0.39 is 0 Å². The SMILES string of the molecule is c1ccc2c(c1)-c1ccccc1-n1c3cc4c5ccccc5n(-c5nc(-c6ccc7oc8ccccc8c7c6)c6oc7ccccc7c6n5)c4cc3c3cccc-2c31. The van der Waals surface area contributed by atoms with Gasteiger partial charge in [0, 0.05) is 54.4 Å². The molecule has 1 aliphatic heterocycles. The molecule has 6 heteroatoms. The largest absolute Gasteiger partial charge is 0.456 e. The molecular weight excluding hydrogens is 713 g/mol. The Balaban J connectivity index is 1.11. The van der Waals surface area contributed by atoms with Crippen LogP contribution in [0.4, 0.5) is 0 Å². The Kier molecular flexibility index (Phi) is 5.68. The van der Waals surface area contributed by atoms with Crippen LogP contribution in [0.3, 0.4) is 0 Å². The van der Waals surface area contributed by atoms with E-state index in [1.54, 1.807) is 0 Å². The van der Waals surface area contributed by atoms with Crippen LogP contribution in [0.25, 0.3) is 133 Å². The fourth-order valence-electron chi connectivity index (χ4n) is 9.81. The van der Waals surface area contributed by atoms with Crippen molar-refractivity contribution in [2.75, 3.05) is 0 Å². The lowest BCUT2D eigenvalue weighted by atomic mass is 9.94. The second-order valence-corrected chi connectivity index (χ2v) is 15.3. The molecule has 0 radical (unpaired) electrons. The van der Waals surface area contributed by atoms with Crippen LogP contribution in [0, 0.1) is 0 Å². The van der Waals surface area contributed by atoms with Gasteiger partial charge in [-0.2, -0.15) is 0 Å². The van der Waals surface area contributed by atoms with Gasteiger partial charge in [-0.3, -0.25) is 4.57 Å². The van der Waals surface area contributed by atoms with Gasteiger partial charge in [0.1, 0.15) is 28.0 Å². The van der Waals surface area contributed by atoms with Crippen molar-refractivity contribution in [3.63, 3.8) is 0 Å². The third kappa shape index (κ3) is 3.86. The van der Waals surface area contributed by atoms with Crippen LogP contribution >= 0.6 is 0 Å². The van der Waals surface area contributed by atoms with E-state index in [1.807, 2.05) is 42.5 Å². The maximum absolute atomic E-state index is 6.61. The van der Waals surface area contributed by atoms with E-state index in [1.165, 1.54) is 44.2 Å². The zero-order valence-corrected chi connectivity index (χ0v) is 30.8. The van der Waals surface area contributed by atoms with Gasteiger partial charge in [-0.25, -0.2) is 9.97 Å². The number of fused-ring (bicyclic) bond motifs is 17. The Labute approximate surface area is 329 Å². The number of hydrogen-bond donors (Lipinski definition) is 0. The number of hydrogen-bond acceptors (Lipinski definition) is 4. The van der Waals surface area contributed by atoms with Gasteiger partial charge in [0.2, 0.25) is 5.95 Å². The van der Waals surface area contributed by atoms with E-state index in [-0.39, 0.29) is 0 Å². The van der Waals surface area contributed by atoms with E-state index >= 15 is 0 Å². The Morgan fingerprint density at radius 1 is 0.379 bits per heavy atom. The van der Waals surface area contributed by atoms with Gasteiger partial charge in [0.05, 0.1) is 27.8 Å². The molecule has 268 valence electrons. The smallest absolute Gasteiger partial charge is 0.236 e. The van der Waals surface area contributed by atoms with Crippen molar-refractivity contribution in [2.45, 2.75) is 0 Å². The van der Waals surface area contributed by atoms with Crippen molar-refractivity contribution in [3.8, 4) is 45.1 Å². The van der Waals surface area contributed by atoms with Crippen LogP contribution < -0.4 is 0 Å². The second kappa shape index (κ2) is 10.9. The number of nitrogens with zero attached hydrogens (tertiary/aromatic N) is 4. The van der Waals surface area contributed by atoms with Gasteiger partial charge in [0.15, 0.2) is 5.58 Å². The third-order valence-corrected chi connectivity index (χ3v) is 12.3. The maximum Gasteiger partial charge on any atom is 0.236 e. The zero-order valence-electron chi connectivity index (χ0n) is 30.8. The molecule has 0 aliphatic carbocycles. The van der Waals surface area contributed by atoms with E-state index in [9.17, 15) is 0 Å². The van der Waals surface area contributed by atoms with Crippen molar-refractivity contribution < 1.29 is 8.83 Å². The van der Waals surface area contributed by atoms with E-state index in [0.717, 1.165) is 77.0 Å². The average molecular weight is 741 g/mol. The first-order chi connectivity index (χ1) is 28.8. The van der Waals surface area contributed by atoms with Crippen LogP contribution in [0.15, 0.2) is 179 Å². The molecule has 0 atom stereocenters. The molecule has 0 N–H and O–H groups in total. The zero-order chi connectivity index (χ0) is 37.6. The molecule has 14 rings (SSSR count). The van der Waals surface area contributed by atoms with Crippen LogP contribution in [0.2, 0.25) is 0 Å². The summed E-state index contributed by atoms with van der Waals surface area (Å²) < 4.78 is 17.6. The molecule has 0 amide bonds. The first kappa shape index (κ1) is 30.3. The fraction of sp³-hybridized carbons (Fsp3) is 0. The molecular formula is C52H28N4O2. The fourth-order valence-corrected chi connectivity index (χ4v) is 9.81. The lowest BCUT2D eigenvalue weighted by Gasteiger charge is -2.12. The van der Waals surface area contributed by atoms with Gasteiger partial charge in [-0.1, -0.05) is 109 Å². The van der Waals surface area contributed by atoms with Crippen molar-refractivity contribution >= 4 is 87.6 Å². The molecule has 1 aliphatic rings. The molecule has 13 aromatic rings. The minimum absolute atomic E-state index is 0.585. The molecule has 6 heterocycles. The van der Waals surface area contributed by atoms with Gasteiger partial charge < -0.3 is 13.4 Å². The summed E-state index contributed by atoms with van der Waals surface area (Å²) in [4.78, 5) is 10.8. The van der Waals surface area contributed by atoms with Crippen molar-refractivity contribution in [3.05, 3.63) is 170 Å². The summed E-state index contributed by atoms with van der Waals surface area (Å²) in [5, 5.41) is 7.70. The minimum Gasteiger partial charge on any atom is -0.456 e. The Morgan fingerprint density at radius 3 is 1.86 bits per heavy atom. The number of aromatic nitrogens is 4. The molecule has 5 aromatic heterocycles. The molecule has 8 aromatic carbocycles. The number of furan rings is 2. The number of benzene rings is 8. The van der Waals surface area contributed by atoms with Crippen LogP contribution in [0.1, 0.15) is 0 Å². The average Bonchev–Trinajstić information content (AvgIpc) is 4.01. The first-order valence-corrected chi connectivity index (χ1v) is 19.6. The predicted molar refractivity (Wildman–Crippen MR) is 235 cm³/mol. The van der Waals surface area contributed by atoms with Crippen LogP contribution in [-0.2, 0) is 0 Å². The van der Waals surface area contributed by atoms with Crippen LogP contribution in [0.5, 0.6) is 0 Å². The predicted octanol–water partition coefficient (Wildman–Crippen LogP) is 13.8. The molecule has 0 bridgehead atoms. The molecule has 0 unspecified atom stereocenters. The van der Waals surface area contributed by atoms with Gasteiger partial charge >= 0.3 is 0 Å². The highest BCUT2D eigenvalue weighted by Gasteiger charge is 2.27. The highest BCUT2D eigenvalue weighted by atomic mass is 16.3. The topological polar surface area (TPSA) is 61.9 Å². The standard InChI is InChI=1S/C52H28N4O2/c1-2-13-31-30(12-1)32-14-3-7-20-41(32)55-43-27-38-33-15-4-8-21-42(33)56(44(38)28-39(43)36-19-11-18-35(31)50(36)55)52-53-48(51-49(54-52)37-17-6-10-23-46(37)58-51)29-24-25-47-40(26-29)34-16-5-9-22-45(34)57-47/h1-28H. The molecule has 0 saturated heterocycles. The van der Waals surface area contributed by atoms with Crippen molar-refractivity contribution in [1.29, 1.82) is 0 Å². The van der Waals surface area contributed by atoms with E-state index in [2.05, 4.69) is 137 Å². The summed E-state index contributed by atoms with van der Waals surface area (Å²) in [6, 6.07) is 60.2. The highest BCUT2D eigenvalue weighted by Crippen LogP contribution is 2.48. The molecule has 58 heavy (non-hydrogen) atoms. The Morgan fingerprint density at radius 2 is 1.00 bits per heavy atom. The summed E-state index contributed by atoms with van der Waals surface area (Å²) in [5.74, 6) is 0.585. The monoisotopic (exact) mass is 740 g/mol. The Hall–Kier alpha value is -7.96.